The first-order valence-electron chi connectivity index (χ1n) is 7.03. The molecule has 2 rings (SSSR count). The Morgan fingerprint density at radius 3 is 2.48 bits per heavy atom. The summed E-state index contributed by atoms with van der Waals surface area (Å²) in [6.07, 6.45) is 1.81. The van der Waals surface area contributed by atoms with Crippen LogP contribution < -0.4 is 15.4 Å². The number of hydrogen-bond acceptors (Lipinski definition) is 4. The Morgan fingerprint density at radius 2 is 1.87 bits per heavy atom. The number of benzene rings is 1. The van der Waals surface area contributed by atoms with E-state index >= 15 is 0 Å². The summed E-state index contributed by atoms with van der Waals surface area (Å²) in [6.45, 7) is 3.50. The first kappa shape index (κ1) is 16.3. The van der Waals surface area contributed by atoms with Crippen molar-refractivity contribution in [3.05, 3.63) is 48.3 Å². The van der Waals surface area contributed by atoms with Crippen molar-refractivity contribution in [1.29, 1.82) is 0 Å². The zero-order valence-electron chi connectivity index (χ0n) is 13.3. The van der Waals surface area contributed by atoms with E-state index in [1.165, 1.54) is 0 Å². The maximum atomic E-state index is 11.9. The Labute approximate surface area is 134 Å². The molecule has 0 saturated heterocycles. The van der Waals surface area contributed by atoms with Crippen LogP contribution in [0.3, 0.4) is 0 Å². The van der Waals surface area contributed by atoms with Gasteiger partial charge in [0.1, 0.15) is 11.6 Å². The van der Waals surface area contributed by atoms with E-state index < -0.39 is 0 Å². The predicted molar refractivity (Wildman–Crippen MR) is 91.3 cm³/mol. The summed E-state index contributed by atoms with van der Waals surface area (Å²) in [7, 11) is 1.59. The van der Waals surface area contributed by atoms with Crippen molar-refractivity contribution in [1.82, 2.24) is 10.3 Å². The van der Waals surface area contributed by atoms with Crippen molar-refractivity contribution < 1.29 is 9.53 Å². The fourth-order valence-corrected chi connectivity index (χ4v) is 1.79. The Bertz CT molecular complexity index is 703. The van der Waals surface area contributed by atoms with Gasteiger partial charge in [0, 0.05) is 11.9 Å². The molecule has 7 heteroatoms. The number of urea groups is 1. The Balaban J connectivity index is 1.91. The number of methoxy groups -OCH3 is 1. The van der Waals surface area contributed by atoms with E-state index in [9.17, 15) is 4.79 Å². The van der Waals surface area contributed by atoms with E-state index in [0.717, 1.165) is 17.2 Å². The van der Waals surface area contributed by atoms with Crippen LogP contribution in [0.5, 0.6) is 5.75 Å². The second-order valence-electron chi connectivity index (χ2n) is 4.76. The number of aromatic amines is 1. The molecule has 0 fully saturated rings. The maximum absolute atomic E-state index is 11.9. The molecule has 2 amide bonds. The van der Waals surface area contributed by atoms with Gasteiger partial charge in [-0.15, -0.1) is 5.10 Å². The number of anilines is 1. The molecule has 1 aromatic heterocycles. The van der Waals surface area contributed by atoms with Crippen LogP contribution in [-0.4, -0.2) is 29.7 Å². The zero-order valence-corrected chi connectivity index (χ0v) is 13.3. The lowest BCUT2D eigenvalue weighted by Gasteiger charge is -2.07. The summed E-state index contributed by atoms with van der Waals surface area (Å²) in [4.78, 5) is 14.9. The average Bonchev–Trinajstić information content (AvgIpc) is 3.07. The number of amides is 2. The summed E-state index contributed by atoms with van der Waals surface area (Å²) < 4.78 is 5.06. The highest BCUT2D eigenvalue weighted by Gasteiger charge is 2.03. The molecule has 0 aliphatic heterocycles. The fourth-order valence-electron chi connectivity index (χ4n) is 1.79. The average molecular weight is 313 g/mol. The number of carbonyl (C=O) groups is 1. The van der Waals surface area contributed by atoms with Gasteiger partial charge in [-0.1, -0.05) is 0 Å². The number of nitrogens with one attached hydrogen (secondary N) is 3. The smallest absolute Gasteiger partial charge is 0.324 e. The number of rotatable bonds is 4. The van der Waals surface area contributed by atoms with Gasteiger partial charge in [0.15, 0.2) is 0 Å². The summed E-state index contributed by atoms with van der Waals surface area (Å²) in [5.41, 5.74) is 2.26. The van der Waals surface area contributed by atoms with E-state index in [2.05, 4.69) is 25.8 Å². The van der Waals surface area contributed by atoms with E-state index in [4.69, 9.17) is 4.74 Å². The van der Waals surface area contributed by atoms with Gasteiger partial charge in [-0.2, -0.15) is 5.10 Å². The second-order valence-corrected chi connectivity index (χ2v) is 4.76. The van der Waals surface area contributed by atoms with Crippen LogP contribution in [-0.2, 0) is 0 Å². The van der Waals surface area contributed by atoms with E-state index in [-0.39, 0.29) is 6.03 Å². The van der Waals surface area contributed by atoms with Gasteiger partial charge in [0.05, 0.1) is 18.5 Å². The minimum absolute atomic E-state index is 0.385. The lowest BCUT2D eigenvalue weighted by atomic mass is 10.3. The van der Waals surface area contributed by atoms with E-state index in [1.807, 2.05) is 25.3 Å². The maximum Gasteiger partial charge on any atom is 0.324 e. The molecule has 0 radical (unpaired) electrons. The van der Waals surface area contributed by atoms with Crippen molar-refractivity contribution in [2.24, 2.45) is 10.2 Å². The number of amidine groups is 1. The third-order valence-electron chi connectivity index (χ3n) is 2.98. The molecule has 0 spiro atoms. The van der Waals surface area contributed by atoms with Crippen molar-refractivity contribution in [3.63, 3.8) is 0 Å². The molecule has 120 valence electrons. The van der Waals surface area contributed by atoms with Crippen molar-refractivity contribution in [2.45, 2.75) is 13.8 Å². The summed E-state index contributed by atoms with van der Waals surface area (Å²) in [5, 5.41) is 13.4. The monoisotopic (exact) mass is 313 g/mol. The molecule has 0 atom stereocenters. The number of H-pyrrole nitrogens is 1. The quantitative estimate of drug-likeness (QED) is 0.460. The molecule has 3 N–H and O–H groups in total. The normalized spacial score (nSPS) is 12.0. The Hall–Kier alpha value is -3.09. The highest BCUT2D eigenvalue weighted by Crippen LogP contribution is 2.14. The van der Waals surface area contributed by atoms with Gasteiger partial charge in [-0.3, -0.25) is 5.32 Å². The largest absolute Gasteiger partial charge is 0.497 e. The van der Waals surface area contributed by atoms with Gasteiger partial charge in [0.25, 0.3) is 0 Å². The molecule has 23 heavy (non-hydrogen) atoms. The molecule has 0 aliphatic carbocycles. The molecule has 7 nitrogen and oxygen atoms in total. The van der Waals surface area contributed by atoms with Crippen LogP contribution in [0, 0.1) is 0 Å². The van der Waals surface area contributed by atoms with Crippen molar-refractivity contribution in [2.75, 3.05) is 12.4 Å². The van der Waals surface area contributed by atoms with Crippen LogP contribution >= 0.6 is 0 Å². The topological polar surface area (TPSA) is 90.9 Å². The van der Waals surface area contributed by atoms with Crippen molar-refractivity contribution >= 4 is 23.3 Å². The third-order valence-corrected chi connectivity index (χ3v) is 2.98. The van der Waals surface area contributed by atoms with Gasteiger partial charge >= 0.3 is 6.03 Å². The van der Waals surface area contributed by atoms with Gasteiger partial charge < -0.3 is 15.0 Å². The lowest BCUT2D eigenvalue weighted by molar-refractivity contribution is 0.256. The number of aromatic nitrogens is 1. The molecular weight excluding hydrogens is 294 g/mol. The molecule has 0 unspecified atom stereocenters. The lowest BCUT2D eigenvalue weighted by Crippen LogP contribution is -2.32. The van der Waals surface area contributed by atoms with Crippen molar-refractivity contribution in [3.8, 4) is 5.75 Å². The first-order valence-corrected chi connectivity index (χ1v) is 7.03. The van der Waals surface area contributed by atoms with Gasteiger partial charge in [-0.05, 0) is 50.2 Å². The number of hydrogen-bond donors (Lipinski definition) is 3. The van der Waals surface area contributed by atoms with Crippen LogP contribution in [0.4, 0.5) is 10.5 Å². The third kappa shape index (κ3) is 4.99. The van der Waals surface area contributed by atoms with Gasteiger partial charge in [-0.25, -0.2) is 4.79 Å². The molecule has 1 heterocycles. The minimum atomic E-state index is -0.385. The second kappa shape index (κ2) is 7.79. The SMILES string of the molecule is COc1ccc(NC(=O)N/C(C)=N/N=C(\C)c2ccc[nH]2)cc1. The van der Waals surface area contributed by atoms with E-state index in [0.29, 0.717) is 11.5 Å². The zero-order chi connectivity index (χ0) is 16.7. The molecule has 2 aromatic rings. The molecule has 0 saturated carbocycles. The van der Waals surface area contributed by atoms with E-state index in [1.54, 1.807) is 38.3 Å². The molecular formula is C16H19N5O2. The minimum Gasteiger partial charge on any atom is -0.497 e. The predicted octanol–water partition coefficient (Wildman–Crippen LogP) is 2.99. The molecule has 0 aliphatic rings. The first-order chi connectivity index (χ1) is 11.1. The highest BCUT2D eigenvalue weighted by molar-refractivity contribution is 6.03. The summed E-state index contributed by atoms with van der Waals surface area (Å²) in [5.74, 6) is 1.12. The highest BCUT2D eigenvalue weighted by atomic mass is 16.5. The number of carbonyl (C=O) groups excluding carboxylic acids is 1. The van der Waals surface area contributed by atoms with Crippen LogP contribution in [0.1, 0.15) is 19.5 Å². The van der Waals surface area contributed by atoms with Crippen LogP contribution in [0.2, 0.25) is 0 Å². The summed E-state index contributed by atoms with van der Waals surface area (Å²) in [6, 6.07) is 10.4. The molecule has 1 aromatic carbocycles. The fraction of sp³-hybridized carbons (Fsp3) is 0.188. The number of ether oxygens (including phenoxy) is 1. The van der Waals surface area contributed by atoms with Crippen LogP contribution in [0.15, 0.2) is 52.8 Å². The molecule has 0 bridgehead atoms. The summed E-state index contributed by atoms with van der Waals surface area (Å²) >= 11 is 0. The van der Waals surface area contributed by atoms with Gasteiger partial charge in [0.2, 0.25) is 0 Å². The Kier molecular flexibility index (Phi) is 5.51. The Morgan fingerprint density at radius 1 is 1.13 bits per heavy atom. The number of nitrogens with zero attached hydrogens (tertiary/aromatic N) is 2. The standard InChI is InChI=1S/C16H19N5O2/c1-11(15-5-4-10-17-15)20-21-12(2)18-16(22)19-13-6-8-14(23-3)9-7-13/h4-10,17H,1-3H3,(H2,18,19,21,22)/b20-11+. The van der Waals surface area contributed by atoms with Crippen LogP contribution in [0.25, 0.3) is 0 Å².